The van der Waals surface area contributed by atoms with Gasteiger partial charge in [-0.05, 0) is 35.7 Å². The molecule has 0 aliphatic rings. The van der Waals surface area contributed by atoms with Crippen LogP contribution in [0.5, 0.6) is 0 Å². The summed E-state index contributed by atoms with van der Waals surface area (Å²) in [5.74, 6) is -1.28. The van der Waals surface area contributed by atoms with E-state index in [0.717, 1.165) is 4.88 Å². The number of carbonyl (C=O) groups excluding carboxylic acids is 1. The molecular weight excluding hydrogens is 296 g/mol. The number of carbonyl (C=O) groups is 1. The van der Waals surface area contributed by atoms with Crippen molar-refractivity contribution in [1.29, 1.82) is 0 Å². The topological polar surface area (TPSA) is 57.9 Å². The molecule has 0 aliphatic carbocycles. The summed E-state index contributed by atoms with van der Waals surface area (Å²) in [5.41, 5.74) is 1.18. The molecule has 20 heavy (non-hydrogen) atoms. The molecule has 2 heterocycles. The summed E-state index contributed by atoms with van der Waals surface area (Å²) < 4.78 is 1.33. The van der Waals surface area contributed by atoms with Crippen LogP contribution in [0.2, 0.25) is 5.02 Å². The SMILES string of the molecule is O=C([O-])c1cc(-c2cccs2)nn1-c1cccc(Cl)c1. The fourth-order valence-electron chi connectivity index (χ4n) is 1.88. The van der Waals surface area contributed by atoms with Crippen LogP contribution < -0.4 is 5.11 Å². The van der Waals surface area contributed by atoms with Gasteiger partial charge in [0.05, 0.1) is 22.2 Å². The maximum absolute atomic E-state index is 11.3. The molecule has 3 rings (SSSR count). The van der Waals surface area contributed by atoms with Gasteiger partial charge in [0.25, 0.3) is 0 Å². The van der Waals surface area contributed by atoms with Gasteiger partial charge in [-0.3, -0.25) is 0 Å². The molecule has 6 heteroatoms. The summed E-state index contributed by atoms with van der Waals surface area (Å²) >= 11 is 7.42. The van der Waals surface area contributed by atoms with Crippen molar-refractivity contribution >= 4 is 28.9 Å². The second-order valence-electron chi connectivity index (χ2n) is 4.07. The smallest absolute Gasteiger partial charge is 0.103 e. The van der Waals surface area contributed by atoms with Crippen molar-refractivity contribution in [3.63, 3.8) is 0 Å². The number of hydrogen-bond donors (Lipinski definition) is 0. The Balaban J connectivity index is 2.17. The Morgan fingerprint density at radius 3 is 2.75 bits per heavy atom. The third kappa shape index (κ3) is 2.33. The molecule has 0 unspecified atom stereocenters. The lowest BCUT2D eigenvalue weighted by atomic mass is 10.3. The van der Waals surface area contributed by atoms with E-state index in [0.29, 0.717) is 16.4 Å². The van der Waals surface area contributed by atoms with E-state index in [2.05, 4.69) is 5.10 Å². The van der Waals surface area contributed by atoms with Crippen LogP contribution in [0.25, 0.3) is 16.3 Å². The maximum Gasteiger partial charge on any atom is 0.103 e. The molecule has 4 nitrogen and oxygen atoms in total. The van der Waals surface area contributed by atoms with Crippen molar-refractivity contribution in [3.05, 3.63) is 58.6 Å². The lowest BCUT2D eigenvalue weighted by Gasteiger charge is -2.07. The number of aromatic carboxylic acids is 1. The van der Waals surface area contributed by atoms with Crippen molar-refractivity contribution in [2.24, 2.45) is 0 Å². The van der Waals surface area contributed by atoms with Crippen LogP contribution in [-0.2, 0) is 0 Å². The molecule has 2 aromatic heterocycles. The third-order valence-corrected chi connectivity index (χ3v) is 3.87. The maximum atomic E-state index is 11.3. The van der Waals surface area contributed by atoms with Crippen LogP contribution in [-0.4, -0.2) is 15.7 Å². The molecule has 3 aromatic rings. The van der Waals surface area contributed by atoms with Gasteiger partial charge in [0.2, 0.25) is 0 Å². The van der Waals surface area contributed by atoms with Crippen molar-refractivity contribution in [2.45, 2.75) is 0 Å². The molecule has 100 valence electrons. The van der Waals surface area contributed by atoms with Crippen LogP contribution >= 0.6 is 22.9 Å². The zero-order chi connectivity index (χ0) is 14.1. The average molecular weight is 304 g/mol. The summed E-state index contributed by atoms with van der Waals surface area (Å²) in [4.78, 5) is 12.2. The van der Waals surface area contributed by atoms with Gasteiger partial charge < -0.3 is 9.90 Å². The second-order valence-corrected chi connectivity index (χ2v) is 5.46. The molecular formula is C14H8ClN2O2S-. The predicted molar refractivity (Wildman–Crippen MR) is 76.2 cm³/mol. The minimum Gasteiger partial charge on any atom is -0.543 e. The van der Waals surface area contributed by atoms with Gasteiger partial charge in [0, 0.05) is 5.02 Å². The number of hydrogen-bond acceptors (Lipinski definition) is 4. The van der Waals surface area contributed by atoms with E-state index < -0.39 is 5.97 Å². The monoisotopic (exact) mass is 303 g/mol. The Morgan fingerprint density at radius 1 is 1.25 bits per heavy atom. The molecule has 0 N–H and O–H groups in total. The van der Waals surface area contributed by atoms with E-state index in [1.807, 2.05) is 17.5 Å². The van der Waals surface area contributed by atoms with Gasteiger partial charge in [-0.2, -0.15) is 5.10 Å². The highest BCUT2D eigenvalue weighted by Crippen LogP contribution is 2.26. The quantitative estimate of drug-likeness (QED) is 0.747. The Kier molecular flexibility index (Phi) is 3.30. The zero-order valence-corrected chi connectivity index (χ0v) is 11.7. The second kappa shape index (κ2) is 5.11. The molecule has 0 saturated heterocycles. The minimum absolute atomic E-state index is 0.00401. The average Bonchev–Trinajstić information content (AvgIpc) is 3.08. The lowest BCUT2D eigenvalue weighted by Crippen LogP contribution is -2.25. The molecule has 1 aromatic carbocycles. The normalized spacial score (nSPS) is 10.7. The zero-order valence-electron chi connectivity index (χ0n) is 10.1. The highest BCUT2D eigenvalue weighted by molar-refractivity contribution is 7.13. The van der Waals surface area contributed by atoms with Crippen LogP contribution in [0, 0.1) is 0 Å². The van der Waals surface area contributed by atoms with E-state index >= 15 is 0 Å². The van der Waals surface area contributed by atoms with Crippen LogP contribution in [0.15, 0.2) is 47.8 Å². The van der Waals surface area contributed by atoms with Crippen molar-refractivity contribution < 1.29 is 9.90 Å². The predicted octanol–water partition coefficient (Wildman–Crippen LogP) is 2.62. The molecule has 0 spiro atoms. The molecule has 0 radical (unpaired) electrons. The van der Waals surface area contributed by atoms with E-state index in [1.54, 1.807) is 24.3 Å². The number of aromatic nitrogens is 2. The van der Waals surface area contributed by atoms with Gasteiger partial charge in [-0.25, -0.2) is 4.68 Å². The summed E-state index contributed by atoms with van der Waals surface area (Å²) in [6.07, 6.45) is 0. The van der Waals surface area contributed by atoms with Crippen molar-refractivity contribution in [1.82, 2.24) is 9.78 Å². The number of thiophene rings is 1. The van der Waals surface area contributed by atoms with Crippen LogP contribution in [0.1, 0.15) is 10.5 Å². The number of carboxylic acid groups (broad SMARTS) is 1. The van der Waals surface area contributed by atoms with Crippen molar-refractivity contribution in [3.8, 4) is 16.3 Å². The lowest BCUT2D eigenvalue weighted by molar-refractivity contribution is -0.255. The Bertz CT molecular complexity index is 765. The van der Waals surface area contributed by atoms with E-state index in [-0.39, 0.29) is 5.69 Å². The molecule has 0 aliphatic heterocycles. The first-order valence-corrected chi connectivity index (χ1v) is 7.02. The highest BCUT2D eigenvalue weighted by Gasteiger charge is 2.12. The Morgan fingerprint density at radius 2 is 2.10 bits per heavy atom. The van der Waals surface area contributed by atoms with Gasteiger partial charge in [-0.15, -0.1) is 11.3 Å². The van der Waals surface area contributed by atoms with Crippen LogP contribution in [0.3, 0.4) is 0 Å². The van der Waals surface area contributed by atoms with Gasteiger partial charge in [0.1, 0.15) is 5.69 Å². The fourth-order valence-corrected chi connectivity index (χ4v) is 2.74. The van der Waals surface area contributed by atoms with Crippen molar-refractivity contribution in [2.75, 3.05) is 0 Å². The molecule has 0 atom stereocenters. The molecule has 0 fully saturated rings. The van der Waals surface area contributed by atoms with Gasteiger partial charge >= 0.3 is 0 Å². The number of rotatable bonds is 3. The summed E-state index contributed by atoms with van der Waals surface area (Å²) in [7, 11) is 0. The first-order valence-electron chi connectivity index (χ1n) is 5.76. The minimum atomic E-state index is -1.28. The van der Waals surface area contributed by atoms with Gasteiger partial charge in [-0.1, -0.05) is 23.7 Å². The summed E-state index contributed by atoms with van der Waals surface area (Å²) in [6, 6.07) is 12.1. The number of halogens is 1. The standard InChI is InChI=1S/C14H9ClN2O2S/c15-9-3-1-4-10(7-9)17-12(14(18)19)8-11(16-17)13-5-2-6-20-13/h1-8H,(H,18,19)/p-1. The van der Waals surface area contributed by atoms with E-state index in [9.17, 15) is 9.90 Å². The Hall–Kier alpha value is -2.11. The number of benzene rings is 1. The largest absolute Gasteiger partial charge is 0.543 e. The Labute approximate surface area is 123 Å². The fraction of sp³-hybridized carbons (Fsp3) is 0. The van der Waals surface area contributed by atoms with Crippen LogP contribution in [0.4, 0.5) is 0 Å². The molecule has 0 amide bonds. The summed E-state index contributed by atoms with van der Waals surface area (Å²) in [5, 5.41) is 18.0. The van der Waals surface area contributed by atoms with E-state index in [1.165, 1.54) is 22.1 Å². The molecule has 0 saturated carbocycles. The number of carboxylic acids is 1. The van der Waals surface area contributed by atoms with Gasteiger partial charge in [0.15, 0.2) is 0 Å². The van der Waals surface area contributed by atoms with E-state index in [4.69, 9.17) is 11.6 Å². The third-order valence-electron chi connectivity index (χ3n) is 2.74. The first kappa shape index (κ1) is 12.9. The summed E-state index contributed by atoms with van der Waals surface area (Å²) in [6.45, 7) is 0. The number of nitrogens with zero attached hydrogens (tertiary/aromatic N) is 2. The molecule has 0 bridgehead atoms. The highest BCUT2D eigenvalue weighted by atomic mass is 35.5. The first-order chi connectivity index (χ1) is 9.65.